The van der Waals surface area contributed by atoms with Gasteiger partial charge in [-0.15, -0.1) is 0 Å². The third-order valence-electron chi connectivity index (χ3n) is 6.31. The number of Topliss-reactive ketones (excluding diaryl/α,β-unsaturated/α-hetero) is 1. The van der Waals surface area contributed by atoms with Gasteiger partial charge in [-0.05, 0) is 42.5 Å². The second kappa shape index (κ2) is 5.39. The molecule has 0 radical (unpaired) electrons. The highest BCUT2D eigenvalue weighted by molar-refractivity contribution is 6.50. The average Bonchev–Trinajstić information content (AvgIpc) is 2.82. The normalized spacial score (nSPS) is 31.4. The average molecular weight is 363 g/mol. The molecule has 0 spiro atoms. The predicted molar refractivity (Wildman–Crippen MR) is 92.6 cm³/mol. The van der Waals surface area contributed by atoms with Crippen LogP contribution in [-0.2, 0) is 9.59 Å². The van der Waals surface area contributed by atoms with Gasteiger partial charge in [0, 0.05) is 16.0 Å². The molecule has 1 amide bonds. The Hall–Kier alpha value is -2.21. The minimum atomic E-state index is -1.48. The largest absolute Gasteiger partial charge is 0.480 e. The maximum absolute atomic E-state index is 12.9. The van der Waals surface area contributed by atoms with Crippen LogP contribution in [0.25, 0.3) is 0 Å². The first kappa shape index (κ1) is 17.6. The van der Waals surface area contributed by atoms with Crippen molar-refractivity contribution in [3.8, 4) is 0 Å². The van der Waals surface area contributed by atoms with Gasteiger partial charge in [0.05, 0.1) is 0 Å². The lowest BCUT2D eigenvalue weighted by atomic mass is 9.65. The number of fused-ring (bicyclic) bond motifs is 2. The number of carbonyl (C=O) groups excluding carboxylic acids is 2. The SMILES string of the molecule is CC12CCC(C(=O)O)(C(=O)C1=NNC(=O)c1ccc(Cl)cc1)C2(C)C. The summed E-state index contributed by atoms with van der Waals surface area (Å²) >= 11 is 5.79. The van der Waals surface area contributed by atoms with Gasteiger partial charge < -0.3 is 5.11 Å². The molecule has 2 atom stereocenters. The molecule has 1 aromatic rings. The lowest BCUT2D eigenvalue weighted by molar-refractivity contribution is -0.158. The van der Waals surface area contributed by atoms with Gasteiger partial charge in [0.2, 0.25) is 0 Å². The number of carboxylic acids is 1. The van der Waals surface area contributed by atoms with Crippen molar-refractivity contribution in [3.05, 3.63) is 34.9 Å². The predicted octanol–water partition coefficient (Wildman–Crippen LogP) is 2.91. The fourth-order valence-corrected chi connectivity index (χ4v) is 4.34. The van der Waals surface area contributed by atoms with Gasteiger partial charge in [-0.1, -0.05) is 32.4 Å². The summed E-state index contributed by atoms with van der Waals surface area (Å²) in [6.45, 7) is 5.42. The third-order valence-corrected chi connectivity index (χ3v) is 6.56. The molecule has 0 aliphatic heterocycles. The van der Waals surface area contributed by atoms with E-state index >= 15 is 0 Å². The number of hydrazone groups is 1. The van der Waals surface area contributed by atoms with Crippen molar-refractivity contribution in [1.82, 2.24) is 5.43 Å². The van der Waals surface area contributed by atoms with Crippen LogP contribution in [0, 0.1) is 16.2 Å². The minimum Gasteiger partial charge on any atom is -0.480 e. The van der Waals surface area contributed by atoms with Crippen LogP contribution in [0.1, 0.15) is 44.0 Å². The topological polar surface area (TPSA) is 95.8 Å². The smallest absolute Gasteiger partial charge is 0.318 e. The molecule has 0 aromatic heterocycles. The quantitative estimate of drug-likeness (QED) is 0.638. The summed E-state index contributed by atoms with van der Waals surface area (Å²) in [5.41, 5.74) is -0.0956. The first-order valence-corrected chi connectivity index (χ1v) is 8.38. The maximum atomic E-state index is 12.9. The summed E-state index contributed by atoms with van der Waals surface area (Å²) in [5.74, 6) is -2.11. The molecule has 6 nitrogen and oxygen atoms in total. The summed E-state index contributed by atoms with van der Waals surface area (Å²) in [7, 11) is 0. The van der Waals surface area contributed by atoms with Gasteiger partial charge in [-0.3, -0.25) is 14.4 Å². The van der Waals surface area contributed by atoms with Gasteiger partial charge in [-0.2, -0.15) is 5.10 Å². The molecule has 3 rings (SSSR count). The number of aliphatic carboxylic acids is 1. The first-order chi connectivity index (χ1) is 11.6. The van der Waals surface area contributed by atoms with Crippen molar-refractivity contribution >= 4 is 35.0 Å². The van der Waals surface area contributed by atoms with Crippen LogP contribution < -0.4 is 5.43 Å². The number of amides is 1. The van der Waals surface area contributed by atoms with Gasteiger partial charge in [0.15, 0.2) is 5.78 Å². The third kappa shape index (κ3) is 2.10. The summed E-state index contributed by atoms with van der Waals surface area (Å²) in [4.78, 5) is 37.0. The zero-order valence-corrected chi connectivity index (χ0v) is 15.0. The molecule has 2 unspecified atom stereocenters. The lowest BCUT2D eigenvalue weighted by Crippen LogP contribution is -2.44. The van der Waals surface area contributed by atoms with E-state index in [9.17, 15) is 19.5 Å². The maximum Gasteiger partial charge on any atom is 0.318 e. The molecule has 2 fully saturated rings. The summed E-state index contributed by atoms with van der Waals surface area (Å²) < 4.78 is 0. The van der Waals surface area contributed by atoms with Gasteiger partial charge >= 0.3 is 5.97 Å². The number of hydrogen-bond acceptors (Lipinski definition) is 4. The minimum absolute atomic E-state index is 0.133. The molecule has 0 saturated heterocycles. The molecule has 7 heteroatoms. The van der Waals surface area contributed by atoms with Crippen molar-refractivity contribution in [2.75, 3.05) is 0 Å². The Morgan fingerprint density at radius 1 is 1.16 bits per heavy atom. The molecule has 132 valence electrons. The standard InChI is InChI=1S/C18H19ClN2O4/c1-16(2)17(3)8-9-18(16,15(24)25)13(22)12(17)20-21-14(23)10-4-6-11(19)7-5-10/h4-7H,8-9H2,1-3H3,(H,21,23)(H,24,25). The van der Waals surface area contributed by atoms with E-state index in [2.05, 4.69) is 10.5 Å². The van der Waals surface area contributed by atoms with Crippen LogP contribution in [0.15, 0.2) is 29.4 Å². The molecule has 25 heavy (non-hydrogen) atoms. The molecule has 2 saturated carbocycles. The van der Waals surface area contributed by atoms with Gasteiger partial charge in [0.25, 0.3) is 5.91 Å². The Morgan fingerprint density at radius 3 is 2.28 bits per heavy atom. The number of nitrogens with one attached hydrogen (secondary N) is 1. The fourth-order valence-electron chi connectivity index (χ4n) is 4.22. The van der Waals surface area contributed by atoms with Crippen molar-refractivity contribution in [1.29, 1.82) is 0 Å². The highest BCUT2D eigenvalue weighted by atomic mass is 35.5. The monoisotopic (exact) mass is 362 g/mol. The molecule has 2 aliphatic carbocycles. The number of ketones is 1. The second-order valence-corrected chi connectivity index (χ2v) is 7.84. The summed E-state index contributed by atoms with van der Waals surface area (Å²) in [6, 6.07) is 6.25. The van der Waals surface area contributed by atoms with E-state index in [0.717, 1.165) is 0 Å². The van der Waals surface area contributed by atoms with Crippen molar-refractivity contribution < 1.29 is 19.5 Å². The van der Waals surface area contributed by atoms with Crippen LogP contribution in [0.2, 0.25) is 5.02 Å². The van der Waals surface area contributed by atoms with Crippen LogP contribution in [0.3, 0.4) is 0 Å². The zero-order valence-electron chi connectivity index (χ0n) is 14.2. The number of rotatable bonds is 3. The number of carbonyl (C=O) groups is 3. The van der Waals surface area contributed by atoms with E-state index in [1.165, 1.54) is 0 Å². The summed E-state index contributed by atoms with van der Waals surface area (Å²) in [5, 5.41) is 14.3. The van der Waals surface area contributed by atoms with Crippen molar-refractivity contribution in [2.45, 2.75) is 33.6 Å². The number of nitrogens with zero attached hydrogens (tertiary/aromatic N) is 1. The molecule has 0 heterocycles. The molecule has 2 bridgehead atoms. The number of halogens is 1. The van der Waals surface area contributed by atoms with E-state index < -0.39 is 33.9 Å². The first-order valence-electron chi connectivity index (χ1n) is 8.00. The highest BCUT2D eigenvalue weighted by Crippen LogP contribution is 2.69. The van der Waals surface area contributed by atoms with Gasteiger partial charge in [-0.25, -0.2) is 5.43 Å². The number of hydrogen-bond donors (Lipinski definition) is 2. The lowest BCUT2D eigenvalue weighted by Gasteiger charge is -2.36. The number of carboxylic acid groups (broad SMARTS) is 1. The van der Waals surface area contributed by atoms with E-state index in [4.69, 9.17) is 11.6 Å². The van der Waals surface area contributed by atoms with E-state index in [1.54, 1.807) is 38.1 Å². The number of benzene rings is 1. The fraction of sp³-hybridized carbons (Fsp3) is 0.444. The van der Waals surface area contributed by atoms with Crippen LogP contribution in [-0.4, -0.2) is 28.5 Å². The van der Waals surface area contributed by atoms with E-state index in [0.29, 0.717) is 17.0 Å². The summed E-state index contributed by atoms with van der Waals surface area (Å²) in [6.07, 6.45) is 0.822. The Balaban J connectivity index is 1.94. The van der Waals surface area contributed by atoms with E-state index in [1.807, 2.05) is 6.92 Å². The Bertz CT molecular complexity index is 815. The van der Waals surface area contributed by atoms with Crippen molar-refractivity contribution in [2.24, 2.45) is 21.3 Å². The molecular formula is C18H19ClN2O4. The van der Waals surface area contributed by atoms with Gasteiger partial charge in [0.1, 0.15) is 11.1 Å². The molecule has 2 aliphatic rings. The Labute approximate surface area is 150 Å². The Kier molecular flexibility index (Phi) is 3.80. The highest BCUT2D eigenvalue weighted by Gasteiger charge is 2.77. The molecule has 1 aromatic carbocycles. The van der Waals surface area contributed by atoms with E-state index in [-0.39, 0.29) is 12.1 Å². The zero-order chi connectivity index (χ0) is 18.6. The second-order valence-electron chi connectivity index (χ2n) is 7.40. The van der Waals surface area contributed by atoms with Crippen LogP contribution in [0.5, 0.6) is 0 Å². The van der Waals surface area contributed by atoms with Crippen LogP contribution >= 0.6 is 11.6 Å². The molecular weight excluding hydrogens is 344 g/mol. The van der Waals surface area contributed by atoms with Crippen molar-refractivity contribution in [3.63, 3.8) is 0 Å². The molecule has 2 N–H and O–H groups in total. The Morgan fingerprint density at radius 2 is 1.76 bits per heavy atom. The van der Waals surface area contributed by atoms with Crippen LogP contribution in [0.4, 0.5) is 0 Å².